The van der Waals surface area contributed by atoms with Gasteiger partial charge in [-0.2, -0.15) is 0 Å². The number of aromatic hydroxyl groups is 1. The first kappa shape index (κ1) is 14.7. The monoisotopic (exact) mass is 278 g/mol. The van der Waals surface area contributed by atoms with Gasteiger partial charge in [-0.3, -0.25) is 0 Å². The van der Waals surface area contributed by atoms with Crippen LogP contribution >= 0.6 is 0 Å². The molecular formula is C15H22N2O3. The lowest BCUT2D eigenvalue weighted by Crippen LogP contribution is -2.45. The van der Waals surface area contributed by atoms with Gasteiger partial charge >= 0.3 is 6.03 Å². The molecule has 1 aromatic carbocycles. The lowest BCUT2D eigenvalue weighted by Gasteiger charge is -2.21. The Morgan fingerprint density at radius 2 is 2.20 bits per heavy atom. The highest BCUT2D eigenvalue weighted by atomic mass is 16.3. The number of benzene rings is 1. The molecule has 5 heteroatoms. The van der Waals surface area contributed by atoms with Gasteiger partial charge in [0.2, 0.25) is 0 Å². The smallest absolute Gasteiger partial charge is 0.315 e. The molecule has 0 fully saturated rings. The van der Waals surface area contributed by atoms with Crippen LogP contribution in [0.5, 0.6) is 5.75 Å². The van der Waals surface area contributed by atoms with Crippen molar-refractivity contribution >= 4 is 6.03 Å². The topological polar surface area (TPSA) is 81.6 Å². The first-order valence-corrected chi connectivity index (χ1v) is 7.01. The van der Waals surface area contributed by atoms with E-state index in [4.69, 9.17) is 5.11 Å². The average Bonchev–Trinajstić information content (AvgIpc) is 2.82. The SMILES string of the molecule is CC(CO)C(C)NC(=O)NC1CCc2c(O)cccc21. The minimum atomic E-state index is -0.237. The number of hydrogen-bond donors (Lipinski definition) is 4. The largest absolute Gasteiger partial charge is 0.508 e. The van der Waals surface area contributed by atoms with Crippen LogP contribution in [0, 0.1) is 5.92 Å². The van der Waals surface area contributed by atoms with E-state index in [0.717, 1.165) is 24.0 Å². The van der Waals surface area contributed by atoms with Gasteiger partial charge in [0.1, 0.15) is 5.75 Å². The van der Waals surface area contributed by atoms with Crippen molar-refractivity contribution in [3.05, 3.63) is 29.3 Å². The summed E-state index contributed by atoms with van der Waals surface area (Å²) in [6, 6.07) is 5.01. The number of fused-ring (bicyclic) bond motifs is 1. The van der Waals surface area contributed by atoms with Crippen LogP contribution < -0.4 is 10.6 Å². The number of carbonyl (C=O) groups excluding carboxylic acids is 1. The van der Waals surface area contributed by atoms with E-state index in [1.165, 1.54) is 0 Å². The van der Waals surface area contributed by atoms with Crippen LogP contribution in [-0.2, 0) is 6.42 Å². The minimum absolute atomic E-state index is 0.0145. The molecule has 4 N–H and O–H groups in total. The van der Waals surface area contributed by atoms with Gasteiger partial charge in [-0.05, 0) is 42.9 Å². The molecule has 1 aromatic rings. The fourth-order valence-electron chi connectivity index (χ4n) is 2.49. The van der Waals surface area contributed by atoms with E-state index in [9.17, 15) is 9.90 Å². The van der Waals surface area contributed by atoms with Crippen LogP contribution in [0.15, 0.2) is 18.2 Å². The van der Waals surface area contributed by atoms with Crippen molar-refractivity contribution in [3.63, 3.8) is 0 Å². The standard InChI is InChI=1S/C15H22N2O3/c1-9(8-18)10(2)16-15(20)17-13-7-6-12-11(13)4-3-5-14(12)19/h3-5,9-10,13,18-19H,6-8H2,1-2H3,(H2,16,17,20). The van der Waals surface area contributed by atoms with Crippen molar-refractivity contribution in [3.8, 4) is 5.75 Å². The van der Waals surface area contributed by atoms with Crippen molar-refractivity contribution in [2.45, 2.75) is 38.8 Å². The maximum atomic E-state index is 12.0. The van der Waals surface area contributed by atoms with Crippen molar-refractivity contribution in [1.82, 2.24) is 10.6 Å². The Hall–Kier alpha value is -1.75. The third kappa shape index (κ3) is 3.04. The van der Waals surface area contributed by atoms with Crippen LogP contribution in [0.3, 0.4) is 0 Å². The Labute approximate surface area is 119 Å². The molecule has 0 radical (unpaired) electrons. The summed E-state index contributed by atoms with van der Waals surface area (Å²) in [5, 5.41) is 24.6. The van der Waals surface area contributed by atoms with Crippen molar-refractivity contribution < 1.29 is 15.0 Å². The van der Waals surface area contributed by atoms with E-state index in [1.807, 2.05) is 19.9 Å². The van der Waals surface area contributed by atoms with Crippen molar-refractivity contribution in [1.29, 1.82) is 0 Å². The molecule has 0 bridgehead atoms. The summed E-state index contributed by atoms with van der Waals surface area (Å²) < 4.78 is 0. The molecule has 3 unspecified atom stereocenters. The number of nitrogens with one attached hydrogen (secondary N) is 2. The molecule has 1 aliphatic carbocycles. The molecule has 20 heavy (non-hydrogen) atoms. The van der Waals surface area contributed by atoms with Crippen LogP contribution in [0.2, 0.25) is 0 Å². The van der Waals surface area contributed by atoms with Gasteiger partial charge in [0, 0.05) is 12.6 Å². The summed E-state index contributed by atoms with van der Waals surface area (Å²) in [5.74, 6) is 0.315. The normalized spacial score (nSPS) is 20.1. The van der Waals surface area contributed by atoms with E-state index in [2.05, 4.69) is 10.6 Å². The number of hydrogen-bond acceptors (Lipinski definition) is 3. The number of rotatable bonds is 4. The predicted octanol–water partition coefficient (Wildman–Crippen LogP) is 1.70. The zero-order valence-corrected chi connectivity index (χ0v) is 11.9. The number of phenols is 1. The second-order valence-electron chi connectivity index (χ2n) is 5.50. The lowest BCUT2D eigenvalue weighted by atomic mass is 10.1. The van der Waals surface area contributed by atoms with Crippen LogP contribution in [0.4, 0.5) is 4.79 Å². The number of amides is 2. The molecular weight excluding hydrogens is 256 g/mol. The van der Waals surface area contributed by atoms with Gasteiger partial charge in [-0.1, -0.05) is 19.1 Å². The van der Waals surface area contributed by atoms with Gasteiger partial charge in [0.25, 0.3) is 0 Å². The third-order valence-corrected chi connectivity index (χ3v) is 4.05. The Morgan fingerprint density at radius 1 is 1.45 bits per heavy atom. The van der Waals surface area contributed by atoms with Crippen molar-refractivity contribution in [2.75, 3.05) is 6.61 Å². The van der Waals surface area contributed by atoms with Crippen LogP contribution in [-0.4, -0.2) is 28.9 Å². The fraction of sp³-hybridized carbons (Fsp3) is 0.533. The van der Waals surface area contributed by atoms with E-state index >= 15 is 0 Å². The number of phenolic OH excluding ortho intramolecular Hbond substituents is 1. The van der Waals surface area contributed by atoms with Crippen LogP contribution in [0.25, 0.3) is 0 Å². The summed E-state index contributed by atoms with van der Waals surface area (Å²) in [5.41, 5.74) is 1.91. The molecule has 3 atom stereocenters. The number of urea groups is 1. The molecule has 0 aromatic heterocycles. The summed E-state index contributed by atoms with van der Waals surface area (Å²) in [4.78, 5) is 12.0. The van der Waals surface area contributed by atoms with E-state index in [1.54, 1.807) is 12.1 Å². The molecule has 2 amide bonds. The van der Waals surface area contributed by atoms with Gasteiger partial charge in [0.15, 0.2) is 0 Å². The summed E-state index contributed by atoms with van der Waals surface area (Å²) in [6.07, 6.45) is 1.57. The summed E-state index contributed by atoms with van der Waals surface area (Å²) >= 11 is 0. The van der Waals surface area contributed by atoms with E-state index < -0.39 is 0 Å². The minimum Gasteiger partial charge on any atom is -0.508 e. The predicted molar refractivity (Wildman–Crippen MR) is 76.5 cm³/mol. The quantitative estimate of drug-likeness (QED) is 0.676. The van der Waals surface area contributed by atoms with Gasteiger partial charge < -0.3 is 20.8 Å². The Kier molecular flexibility index (Phi) is 4.49. The Bertz CT molecular complexity index is 490. The first-order valence-electron chi connectivity index (χ1n) is 7.01. The second kappa shape index (κ2) is 6.13. The van der Waals surface area contributed by atoms with Gasteiger partial charge in [-0.25, -0.2) is 4.79 Å². The third-order valence-electron chi connectivity index (χ3n) is 4.05. The van der Waals surface area contributed by atoms with Gasteiger partial charge in [-0.15, -0.1) is 0 Å². The Balaban J connectivity index is 1.96. The summed E-state index contributed by atoms with van der Waals surface area (Å²) in [7, 11) is 0. The molecule has 0 saturated heterocycles. The van der Waals surface area contributed by atoms with Crippen LogP contribution in [0.1, 0.15) is 37.4 Å². The highest BCUT2D eigenvalue weighted by Gasteiger charge is 2.26. The summed E-state index contributed by atoms with van der Waals surface area (Å²) in [6.45, 7) is 3.80. The maximum absolute atomic E-state index is 12.0. The maximum Gasteiger partial charge on any atom is 0.315 e. The fourth-order valence-corrected chi connectivity index (χ4v) is 2.49. The molecule has 0 spiro atoms. The highest BCUT2D eigenvalue weighted by molar-refractivity contribution is 5.75. The number of aliphatic hydroxyl groups excluding tert-OH is 1. The zero-order chi connectivity index (χ0) is 14.7. The molecule has 2 rings (SSSR count). The second-order valence-corrected chi connectivity index (χ2v) is 5.50. The van der Waals surface area contributed by atoms with Crippen molar-refractivity contribution in [2.24, 2.45) is 5.92 Å². The average molecular weight is 278 g/mol. The van der Waals surface area contributed by atoms with E-state index in [-0.39, 0.29) is 30.6 Å². The lowest BCUT2D eigenvalue weighted by molar-refractivity contribution is 0.199. The van der Waals surface area contributed by atoms with Gasteiger partial charge in [0.05, 0.1) is 6.04 Å². The van der Waals surface area contributed by atoms with E-state index in [0.29, 0.717) is 5.75 Å². The molecule has 110 valence electrons. The first-order chi connectivity index (χ1) is 9.52. The molecule has 5 nitrogen and oxygen atoms in total. The molecule has 0 heterocycles. The zero-order valence-electron chi connectivity index (χ0n) is 11.9. The molecule has 1 aliphatic rings. The number of carbonyl (C=O) groups is 1. The highest BCUT2D eigenvalue weighted by Crippen LogP contribution is 2.36. The molecule has 0 saturated carbocycles. The Morgan fingerprint density at radius 3 is 2.90 bits per heavy atom. The number of aliphatic hydroxyl groups is 1. The molecule has 0 aliphatic heterocycles.